The van der Waals surface area contributed by atoms with Crippen molar-refractivity contribution in [1.82, 2.24) is 30.3 Å². The summed E-state index contributed by atoms with van der Waals surface area (Å²) in [5.74, 6) is -0.103. The normalized spacial score (nSPS) is 15.2. The van der Waals surface area contributed by atoms with Gasteiger partial charge in [-0.3, -0.25) is 14.7 Å². The molecule has 0 aliphatic carbocycles. The van der Waals surface area contributed by atoms with Crippen LogP contribution in [0.4, 0.5) is 15.9 Å². The first-order valence-corrected chi connectivity index (χ1v) is 12.3. The van der Waals surface area contributed by atoms with Gasteiger partial charge in [0.2, 0.25) is 5.95 Å². The van der Waals surface area contributed by atoms with Gasteiger partial charge in [-0.25, -0.2) is 15.4 Å². The monoisotopic (exact) mass is 504 g/mol. The van der Waals surface area contributed by atoms with Crippen LogP contribution in [0.1, 0.15) is 30.0 Å². The molecule has 0 spiro atoms. The minimum Gasteiger partial charge on any atom is -0.371 e. The average molecular weight is 505 g/mol. The number of aliphatic hydroxyl groups excluding tert-OH is 1. The summed E-state index contributed by atoms with van der Waals surface area (Å²) in [5, 5.41) is 10.3. The van der Waals surface area contributed by atoms with Crippen molar-refractivity contribution < 1.29 is 9.50 Å². The van der Waals surface area contributed by atoms with Crippen LogP contribution in [0.2, 0.25) is 0 Å². The fourth-order valence-corrected chi connectivity index (χ4v) is 4.40. The highest BCUT2D eigenvalue weighted by Gasteiger charge is 2.22. The Morgan fingerprint density at radius 2 is 1.97 bits per heavy atom. The zero-order chi connectivity index (χ0) is 25.8. The molecule has 1 fully saturated rings. The second kappa shape index (κ2) is 11.0. The summed E-state index contributed by atoms with van der Waals surface area (Å²) in [6.07, 6.45) is 2.92. The van der Waals surface area contributed by atoms with Gasteiger partial charge in [0, 0.05) is 50.7 Å². The van der Waals surface area contributed by atoms with Gasteiger partial charge in [-0.15, -0.1) is 0 Å². The van der Waals surface area contributed by atoms with Crippen molar-refractivity contribution in [3.8, 4) is 0 Å². The molecule has 0 bridgehead atoms. The number of aromatic nitrogens is 4. The summed E-state index contributed by atoms with van der Waals surface area (Å²) in [5.41, 5.74) is 9.19. The number of anilines is 2. The van der Waals surface area contributed by atoms with Crippen molar-refractivity contribution in [1.29, 1.82) is 0 Å². The van der Waals surface area contributed by atoms with Crippen molar-refractivity contribution >= 4 is 22.5 Å². The quantitative estimate of drug-likeness (QED) is 0.163. The van der Waals surface area contributed by atoms with Gasteiger partial charge < -0.3 is 20.4 Å². The molecule has 192 valence electrons. The molecule has 1 unspecified atom stereocenters. The van der Waals surface area contributed by atoms with E-state index in [4.69, 9.17) is 0 Å². The molecule has 0 aromatic carbocycles. The van der Waals surface area contributed by atoms with Crippen LogP contribution < -0.4 is 21.3 Å². The Labute approximate surface area is 213 Å². The van der Waals surface area contributed by atoms with Gasteiger partial charge in [0.15, 0.2) is 6.23 Å². The van der Waals surface area contributed by atoms with Crippen LogP contribution in [0.25, 0.3) is 11.0 Å². The van der Waals surface area contributed by atoms with E-state index in [9.17, 15) is 14.3 Å². The second-order valence-electron chi connectivity index (χ2n) is 8.95. The highest BCUT2D eigenvalue weighted by atomic mass is 19.1. The summed E-state index contributed by atoms with van der Waals surface area (Å²) >= 11 is 0. The number of nitrogens with zero attached hydrogens (tertiary/aromatic N) is 5. The van der Waals surface area contributed by atoms with Crippen LogP contribution in [0.5, 0.6) is 0 Å². The predicted molar refractivity (Wildman–Crippen MR) is 139 cm³/mol. The number of aryl methyl sites for hydroxylation is 1. The number of hydrogen-bond donors (Lipinski definition) is 4. The smallest absolute Gasteiger partial charge is 0.251 e. The predicted octanol–water partition coefficient (Wildman–Crippen LogP) is 2.34. The van der Waals surface area contributed by atoms with E-state index < -0.39 is 12.2 Å². The van der Waals surface area contributed by atoms with Crippen LogP contribution in [0, 0.1) is 5.95 Å². The van der Waals surface area contributed by atoms with Gasteiger partial charge >= 0.3 is 0 Å². The zero-order valence-electron chi connectivity index (χ0n) is 20.5. The summed E-state index contributed by atoms with van der Waals surface area (Å²) in [4.78, 5) is 31.9. The molecule has 1 aliphatic heterocycles. The Hall–Kier alpha value is -3.93. The molecule has 11 heteroatoms. The first kappa shape index (κ1) is 24.8. The minimum absolute atomic E-state index is 0.0722. The van der Waals surface area contributed by atoms with Gasteiger partial charge in [-0.2, -0.15) is 4.39 Å². The molecule has 5 heterocycles. The van der Waals surface area contributed by atoms with Crippen LogP contribution >= 0.6 is 0 Å². The zero-order valence-corrected chi connectivity index (χ0v) is 20.5. The van der Waals surface area contributed by atoms with Crippen LogP contribution in [0.15, 0.2) is 59.7 Å². The van der Waals surface area contributed by atoms with Crippen LogP contribution in [-0.4, -0.2) is 56.1 Å². The maximum atomic E-state index is 14.9. The van der Waals surface area contributed by atoms with Crippen molar-refractivity contribution in [2.24, 2.45) is 0 Å². The van der Waals surface area contributed by atoms with Gasteiger partial charge in [-0.05, 0) is 48.4 Å². The number of rotatable bonds is 8. The molecular formula is C26H29FN8O2. The Morgan fingerprint density at radius 1 is 1.14 bits per heavy atom. The number of halogens is 1. The molecule has 1 aliphatic rings. The number of nitrogens with one attached hydrogen (secondary N) is 3. The molecule has 1 atom stereocenters. The van der Waals surface area contributed by atoms with E-state index in [1.54, 1.807) is 36.5 Å². The highest BCUT2D eigenvalue weighted by molar-refractivity contribution is 5.74. The third-order valence-electron chi connectivity index (χ3n) is 6.46. The largest absolute Gasteiger partial charge is 0.371 e. The summed E-state index contributed by atoms with van der Waals surface area (Å²) in [7, 11) is 0. The van der Waals surface area contributed by atoms with Crippen molar-refractivity contribution in [3.05, 3.63) is 88.0 Å². The molecule has 1 saturated heterocycles. The number of hydrazine groups is 1. The maximum absolute atomic E-state index is 14.9. The van der Waals surface area contributed by atoms with Gasteiger partial charge in [-0.1, -0.05) is 13.0 Å². The van der Waals surface area contributed by atoms with Crippen LogP contribution in [0.3, 0.4) is 0 Å². The Morgan fingerprint density at radius 3 is 2.70 bits per heavy atom. The first-order valence-electron chi connectivity index (χ1n) is 12.3. The lowest BCUT2D eigenvalue weighted by Crippen LogP contribution is -2.46. The minimum atomic E-state index is -1.21. The number of pyridine rings is 4. The summed E-state index contributed by atoms with van der Waals surface area (Å²) < 4.78 is 14.9. The lowest BCUT2D eigenvalue weighted by molar-refractivity contribution is 0.143. The Balaban J connectivity index is 1.17. The van der Waals surface area contributed by atoms with Gasteiger partial charge in [0.25, 0.3) is 5.56 Å². The third-order valence-corrected chi connectivity index (χ3v) is 6.46. The maximum Gasteiger partial charge on any atom is 0.251 e. The molecule has 0 amide bonds. The number of fused-ring (bicyclic) bond motifs is 1. The lowest BCUT2D eigenvalue weighted by atomic mass is 10.1. The topological polar surface area (TPSA) is 122 Å². The van der Waals surface area contributed by atoms with E-state index in [2.05, 4.69) is 35.7 Å². The SMILES string of the molecule is CCc1cc2ncc(CN3CCN(c4ccc(C(O)NNc5ccccn5)nc4F)CC3)cc2[nH]c1=O. The van der Waals surface area contributed by atoms with Gasteiger partial charge in [0.05, 0.1) is 22.4 Å². The molecule has 5 rings (SSSR count). The van der Waals surface area contributed by atoms with E-state index in [-0.39, 0.29) is 11.3 Å². The van der Waals surface area contributed by atoms with E-state index in [0.29, 0.717) is 37.6 Å². The molecule has 4 aromatic rings. The number of aliphatic hydroxyl groups is 1. The van der Waals surface area contributed by atoms with E-state index in [1.807, 2.05) is 30.2 Å². The Bertz CT molecular complexity index is 1420. The van der Waals surface area contributed by atoms with E-state index >= 15 is 0 Å². The second-order valence-corrected chi connectivity index (χ2v) is 8.95. The standard InChI is InChI=1S/C26H29FN8O2/c1-2-18-14-20-21(31-25(18)36)13-17(15-29-20)16-34-9-11-35(12-10-34)22-7-6-19(30-24(22)27)26(37)33-32-23-5-3-4-8-28-23/h3-8,13-15,26,33,37H,2,9-12,16H2,1H3,(H,28,32)(H,31,36). The van der Waals surface area contributed by atoms with Gasteiger partial charge in [0.1, 0.15) is 5.82 Å². The molecule has 10 nitrogen and oxygen atoms in total. The molecule has 4 aromatic heterocycles. The van der Waals surface area contributed by atoms with E-state index in [1.165, 1.54) is 0 Å². The highest BCUT2D eigenvalue weighted by Crippen LogP contribution is 2.22. The first-order chi connectivity index (χ1) is 18.0. The van der Waals surface area contributed by atoms with Crippen LogP contribution in [-0.2, 0) is 13.0 Å². The fraction of sp³-hybridized carbons (Fsp3) is 0.308. The van der Waals surface area contributed by atoms with Crippen molar-refractivity contribution in [2.75, 3.05) is 36.5 Å². The molecule has 4 N–H and O–H groups in total. The lowest BCUT2D eigenvalue weighted by Gasteiger charge is -2.36. The number of aromatic amines is 1. The molecular weight excluding hydrogens is 475 g/mol. The average Bonchev–Trinajstić information content (AvgIpc) is 2.92. The number of piperazine rings is 1. The third kappa shape index (κ3) is 5.74. The Kier molecular flexibility index (Phi) is 7.35. The van der Waals surface area contributed by atoms with Crippen molar-refractivity contribution in [2.45, 2.75) is 26.1 Å². The van der Waals surface area contributed by atoms with Crippen molar-refractivity contribution in [3.63, 3.8) is 0 Å². The number of hydrogen-bond acceptors (Lipinski definition) is 9. The fourth-order valence-electron chi connectivity index (χ4n) is 4.40. The molecule has 37 heavy (non-hydrogen) atoms. The van der Waals surface area contributed by atoms with E-state index in [0.717, 1.165) is 35.2 Å². The number of H-pyrrole nitrogens is 1. The summed E-state index contributed by atoms with van der Waals surface area (Å²) in [6, 6.07) is 12.4. The summed E-state index contributed by atoms with van der Waals surface area (Å²) in [6.45, 7) is 5.39. The molecule has 0 radical (unpaired) electrons. The molecule has 0 saturated carbocycles.